The van der Waals surface area contributed by atoms with Gasteiger partial charge in [-0.05, 0) is 50.6 Å². The maximum atomic E-state index is 12.6. The third-order valence-electron chi connectivity index (χ3n) is 5.85. The average molecular weight is 332 g/mol. The molecule has 1 amide bonds. The molecule has 0 spiro atoms. The number of H-pyrrole nitrogens is 1. The highest BCUT2D eigenvalue weighted by atomic mass is 16.5. The van der Waals surface area contributed by atoms with E-state index >= 15 is 0 Å². The second kappa shape index (κ2) is 6.84. The van der Waals surface area contributed by atoms with E-state index in [-0.39, 0.29) is 18.6 Å². The molecule has 3 heterocycles. The molecule has 6 heteroatoms. The summed E-state index contributed by atoms with van der Waals surface area (Å²) in [6.45, 7) is 4.52. The molecule has 1 atom stereocenters. The van der Waals surface area contributed by atoms with Gasteiger partial charge in [-0.1, -0.05) is 0 Å². The minimum Gasteiger partial charge on any atom is -0.375 e. The molecule has 1 unspecified atom stereocenters. The van der Waals surface area contributed by atoms with Crippen molar-refractivity contribution in [3.8, 4) is 0 Å². The number of nitrogens with one attached hydrogen (secondary N) is 1. The van der Waals surface area contributed by atoms with Gasteiger partial charge in [0.05, 0.1) is 18.1 Å². The first kappa shape index (κ1) is 16.1. The highest BCUT2D eigenvalue weighted by Crippen LogP contribution is 2.39. The number of carbonyl (C=O) groups excluding carboxylic acids is 1. The topological polar surface area (TPSA) is 61.5 Å². The number of methoxy groups -OCH3 is 1. The molecule has 1 aromatic rings. The molecule has 0 bridgehead atoms. The van der Waals surface area contributed by atoms with E-state index in [1.165, 1.54) is 25.1 Å². The minimum absolute atomic E-state index is 0.0940. The number of imidazole rings is 1. The average Bonchev–Trinajstić information content (AvgIpc) is 3.28. The van der Waals surface area contributed by atoms with E-state index in [1.807, 2.05) is 4.90 Å². The minimum atomic E-state index is 0.0940. The Morgan fingerprint density at radius 3 is 2.79 bits per heavy atom. The fourth-order valence-corrected chi connectivity index (χ4v) is 4.39. The van der Waals surface area contributed by atoms with Gasteiger partial charge in [0, 0.05) is 32.3 Å². The van der Waals surface area contributed by atoms with Crippen LogP contribution in [0.5, 0.6) is 0 Å². The lowest BCUT2D eigenvalue weighted by atomic mass is 9.83. The lowest BCUT2D eigenvalue weighted by Gasteiger charge is -2.43. The summed E-state index contributed by atoms with van der Waals surface area (Å²) in [7, 11) is 1.59. The van der Waals surface area contributed by atoms with Crippen LogP contribution in [0.4, 0.5) is 0 Å². The Bertz CT molecular complexity index is 575. The lowest BCUT2D eigenvalue weighted by molar-refractivity contribution is -0.140. The number of hydrogen-bond acceptors (Lipinski definition) is 4. The molecule has 0 aromatic carbocycles. The third-order valence-corrected chi connectivity index (χ3v) is 5.85. The van der Waals surface area contributed by atoms with Crippen LogP contribution in [-0.2, 0) is 16.0 Å². The van der Waals surface area contributed by atoms with Crippen molar-refractivity contribution in [3.63, 3.8) is 0 Å². The fourth-order valence-electron chi connectivity index (χ4n) is 4.39. The number of amides is 1. The Morgan fingerprint density at radius 1 is 1.29 bits per heavy atom. The van der Waals surface area contributed by atoms with Crippen LogP contribution in [-0.4, -0.2) is 65.6 Å². The Labute approximate surface area is 143 Å². The van der Waals surface area contributed by atoms with Crippen molar-refractivity contribution >= 4 is 5.91 Å². The van der Waals surface area contributed by atoms with Gasteiger partial charge in [-0.25, -0.2) is 4.98 Å². The highest BCUT2D eigenvalue weighted by molar-refractivity contribution is 5.78. The summed E-state index contributed by atoms with van der Waals surface area (Å²) < 4.78 is 5.10. The Balaban J connectivity index is 1.48. The van der Waals surface area contributed by atoms with Gasteiger partial charge in [0.15, 0.2) is 0 Å². The summed E-state index contributed by atoms with van der Waals surface area (Å²) in [5.74, 6) is 1.55. The van der Waals surface area contributed by atoms with Crippen LogP contribution in [0.25, 0.3) is 0 Å². The van der Waals surface area contributed by atoms with E-state index in [2.05, 4.69) is 14.9 Å². The van der Waals surface area contributed by atoms with Crippen LogP contribution in [0.15, 0.2) is 6.33 Å². The number of nitrogens with zero attached hydrogens (tertiary/aromatic N) is 3. The Hall–Kier alpha value is -1.40. The van der Waals surface area contributed by atoms with Crippen molar-refractivity contribution in [3.05, 3.63) is 17.7 Å². The van der Waals surface area contributed by atoms with Gasteiger partial charge < -0.3 is 19.5 Å². The van der Waals surface area contributed by atoms with E-state index in [0.717, 1.165) is 50.5 Å². The maximum absolute atomic E-state index is 12.6. The second-order valence-corrected chi connectivity index (χ2v) is 7.56. The summed E-state index contributed by atoms with van der Waals surface area (Å²) in [4.78, 5) is 25.0. The van der Waals surface area contributed by atoms with Crippen LogP contribution >= 0.6 is 0 Å². The number of ether oxygens (including phenoxy) is 1. The zero-order chi connectivity index (χ0) is 16.5. The first-order valence-electron chi connectivity index (χ1n) is 9.29. The molecular weight excluding hydrogens is 304 g/mol. The molecule has 3 aliphatic rings. The lowest BCUT2D eigenvalue weighted by Crippen LogP contribution is -2.47. The van der Waals surface area contributed by atoms with Crippen molar-refractivity contribution in [1.82, 2.24) is 19.8 Å². The largest absolute Gasteiger partial charge is 0.375 e. The fraction of sp³-hybridized carbons (Fsp3) is 0.778. The van der Waals surface area contributed by atoms with Crippen LogP contribution in [0.3, 0.4) is 0 Å². The first-order chi connectivity index (χ1) is 11.8. The summed E-state index contributed by atoms with van der Waals surface area (Å²) in [5, 5.41) is 0. The van der Waals surface area contributed by atoms with Crippen molar-refractivity contribution < 1.29 is 9.53 Å². The van der Waals surface area contributed by atoms with Crippen molar-refractivity contribution in [2.45, 2.75) is 38.1 Å². The molecule has 1 saturated carbocycles. The molecular formula is C18H28N4O2. The predicted octanol–water partition coefficient (Wildman–Crippen LogP) is 1.60. The van der Waals surface area contributed by atoms with Gasteiger partial charge >= 0.3 is 0 Å². The molecule has 2 fully saturated rings. The highest BCUT2D eigenvalue weighted by Gasteiger charge is 2.39. The summed E-state index contributed by atoms with van der Waals surface area (Å²) >= 11 is 0. The van der Waals surface area contributed by atoms with Crippen molar-refractivity contribution in [2.75, 3.05) is 39.9 Å². The van der Waals surface area contributed by atoms with Crippen LogP contribution in [0, 0.1) is 11.8 Å². The molecule has 1 aliphatic carbocycles. The van der Waals surface area contributed by atoms with E-state index in [0.29, 0.717) is 5.92 Å². The normalized spacial score (nSPS) is 25.7. The smallest absolute Gasteiger partial charge is 0.249 e. The van der Waals surface area contributed by atoms with Crippen LogP contribution in [0.2, 0.25) is 0 Å². The number of aromatic amines is 1. The standard InChI is InChI=1S/C18H28N4O2/c1-24-11-16(23)22-9-6-15-17(20-12-19-15)18(22)14-4-7-21(8-5-14)10-13-2-3-13/h12-14,18H,2-11H2,1H3,(H,19,20). The predicted molar refractivity (Wildman–Crippen MR) is 90.5 cm³/mol. The second-order valence-electron chi connectivity index (χ2n) is 7.56. The quantitative estimate of drug-likeness (QED) is 0.890. The molecule has 2 aliphatic heterocycles. The molecule has 24 heavy (non-hydrogen) atoms. The van der Waals surface area contributed by atoms with Gasteiger partial charge in [0.25, 0.3) is 0 Å². The number of carbonyl (C=O) groups is 1. The van der Waals surface area contributed by atoms with E-state index in [9.17, 15) is 4.79 Å². The molecule has 1 N–H and O–H groups in total. The number of likely N-dealkylation sites (tertiary alicyclic amines) is 1. The molecule has 4 rings (SSSR count). The van der Waals surface area contributed by atoms with Crippen LogP contribution in [0.1, 0.15) is 43.1 Å². The molecule has 0 radical (unpaired) electrons. The SMILES string of the molecule is COCC(=O)N1CCc2[nH]cnc2C1C1CCN(CC2CC2)CC1. The van der Waals surface area contributed by atoms with Gasteiger partial charge in [0.2, 0.25) is 5.91 Å². The monoisotopic (exact) mass is 332 g/mol. The zero-order valence-electron chi connectivity index (χ0n) is 14.5. The zero-order valence-corrected chi connectivity index (χ0v) is 14.5. The maximum Gasteiger partial charge on any atom is 0.249 e. The van der Waals surface area contributed by atoms with Crippen molar-refractivity contribution in [2.24, 2.45) is 11.8 Å². The number of rotatable bonds is 5. The molecule has 6 nitrogen and oxygen atoms in total. The molecule has 1 saturated heterocycles. The van der Waals surface area contributed by atoms with Crippen LogP contribution < -0.4 is 0 Å². The Morgan fingerprint density at radius 2 is 2.08 bits per heavy atom. The number of piperidine rings is 1. The summed E-state index contributed by atoms with van der Waals surface area (Å²) in [6, 6.07) is 0.116. The van der Waals surface area contributed by atoms with Gasteiger partial charge in [-0.3, -0.25) is 4.79 Å². The van der Waals surface area contributed by atoms with Crippen molar-refractivity contribution in [1.29, 1.82) is 0 Å². The van der Waals surface area contributed by atoms with Gasteiger partial charge in [0.1, 0.15) is 6.61 Å². The van der Waals surface area contributed by atoms with E-state index < -0.39 is 0 Å². The Kier molecular flexibility index (Phi) is 4.59. The van der Waals surface area contributed by atoms with E-state index in [4.69, 9.17) is 4.74 Å². The first-order valence-corrected chi connectivity index (χ1v) is 9.29. The third kappa shape index (κ3) is 3.22. The molecule has 132 valence electrons. The summed E-state index contributed by atoms with van der Waals surface area (Å²) in [6.07, 6.45) is 7.78. The van der Waals surface area contributed by atoms with Gasteiger partial charge in [-0.2, -0.15) is 0 Å². The number of aromatic nitrogens is 2. The van der Waals surface area contributed by atoms with Gasteiger partial charge in [-0.15, -0.1) is 0 Å². The molecule has 1 aromatic heterocycles. The number of hydrogen-bond donors (Lipinski definition) is 1. The summed E-state index contributed by atoms with van der Waals surface area (Å²) in [5.41, 5.74) is 2.30. The number of fused-ring (bicyclic) bond motifs is 1. The van der Waals surface area contributed by atoms with E-state index in [1.54, 1.807) is 13.4 Å².